The summed E-state index contributed by atoms with van der Waals surface area (Å²) in [6.07, 6.45) is -0.870. The van der Waals surface area contributed by atoms with Gasteiger partial charge in [-0.2, -0.15) is 0 Å². The topological polar surface area (TPSA) is 122 Å². The van der Waals surface area contributed by atoms with Gasteiger partial charge in [-0.15, -0.1) is 0 Å². The van der Waals surface area contributed by atoms with Crippen molar-refractivity contribution < 1.29 is 24.4 Å². The van der Waals surface area contributed by atoms with E-state index in [0.29, 0.717) is 0 Å². The molecule has 24 heavy (non-hydrogen) atoms. The number of alkyl carbamates (subject to hydrolysis) is 1. The number of carbonyl (C=O) groups excluding carboxylic acids is 1. The maximum absolute atomic E-state index is 11.7. The van der Waals surface area contributed by atoms with E-state index in [9.17, 15) is 24.8 Å². The Hall–Kier alpha value is -2.84. The third-order valence-electron chi connectivity index (χ3n) is 2.94. The lowest BCUT2D eigenvalue weighted by molar-refractivity contribution is -0.384. The van der Waals surface area contributed by atoms with Gasteiger partial charge in [-0.3, -0.25) is 10.1 Å². The highest BCUT2D eigenvalue weighted by Crippen LogP contribution is 2.26. The number of carboxylic acid groups (broad SMARTS) is 1. The van der Waals surface area contributed by atoms with Crippen LogP contribution in [0.2, 0.25) is 0 Å². The quantitative estimate of drug-likeness (QED) is 0.600. The summed E-state index contributed by atoms with van der Waals surface area (Å²) in [6.45, 7) is 4.80. The average molecular weight is 339 g/mol. The number of ether oxygens (including phenoxy) is 1. The molecule has 0 aliphatic carbocycles. The van der Waals surface area contributed by atoms with Crippen LogP contribution in [0.4, 0.5) is 16.2 Å². The number of nitro groups is 1. The summed E-state index contributed by atoms with van der Waals surface area (Å²) in [5, 5.41) is 22.6. The maximum atomic E-state index is 11.7. The number of carbonyl (C=O) groups is 2. The van der Waals surface area contributed by atoms with E-state index in [1.165, 1.54) is 30.1 Å². The number of rotatable bonds is 6. The summed E-state index contributed by atoms with van der Waals surface area (Å²) in [7, 11) is 1.51. The third kappa shape index (κ3) is 5.75. The van der Waals surface area contributed by atoms with E-state index in [0.717, 1.165) is 0 Å². The number of hydrogen-bond acceptors (Lipinski definition) is 6. The van der Waals surface area contributed by atoms with Gasteiger partial charge in [0, 0.05) is 19.7 Å². The van der Waals surface area contributed by atoms with E-state index in [2.05, 4.69) is 5.32 Å². The highest BCUT2D eigenvalue weighted by Gasteiger charge is 2.27. The van der Waals surface area contributed by atoms with Crippen LogP contribution in [0.5, 0.6) is 0 Å². The SMILES string of the molecule is CN(CC(NC(=O)OC(C)(C)C)C(=O)O)c1ccccc1[N+](=O)[O-]. The van der Waals surface area contributed by atoms with Crippen molar-refractivity contribution in [2.75, 3.05) is 18.5 Å². The van der Waals surface area contributed by atoms with E-state index < -0.39 is 28.6 Å². The predicted octanol–water partition coefficient (Wildman–Crippen LogP) is 2.01. The Bertz CT molecular complexity index is 626. The number of anilines is 1. The van der Waals surface area contributed by atoms with Gasteiger partial charge in [0.1, 0.15) is 17.3 Å². The van der Waals surface area contributed by atoms with Crippen molar-refractivity contribution in [3.8, 4) is 0 Å². The molecule has 1 atom stereocenters. The Balaban J connectivity index is 2.88. The normalized spacial score (nSPS) is 12.2. The molecule has 0 saturated carbocycles. The summed E-state index contributed by atoms with van der Waals surface area (Å²) < 4.78 is 5.03. The Labute approximate surface area is 139 Å². The smallest absolute Gasteiger partial charge is 0.408 e. The molecule has 0 heterocycles. The number of hydrogen-bond donors (Lipinski definition) is 2. The molecule has 0 fully saturated rings. The Morgan fingerprint density at radius 1 is 1.38 bits per heavy atom. The Morgan fingerprint density at radius 3 is 2.46 bits per heavy atom. The molecule has 0 spiro atoms. The van der Waals surface area contributed by atoms with E-state index in [1.807, 2.05) is 0 Å². The Morgan fingerprint density at radius 2 is 1.96 bits per heavy atom. The molecule has 0 aliphatic rings. The first-order chi connectivity index (χ1) is 11.0. The molecule has 0 bridgehead atoms. The van der Waals surface area contributed by atoms with Gasteiger partial charge in [0.15, 0.2) is 0 Å². The first-order valence-electron chi connectivity index (χ1n) is 7.18. The van der Waals surface area contributed by atoms with Gasteiger partial charge < -0.3 is 20.1 Å². The summed E-state index contributed by atoms with van der Waals surface area (Å²) in [4.78, 5) is 35.0. The van der Waals surface area contributed by atoms with E-state index in [4.69, 9.17) is 4.74 Å². The van der Waals surface area contributed by atoms with Crippen molar-refractivity contribution >= 4 is 23.4 Å². The standard InChI is InChI=1S/C15H21N3O6/c1-15(2,3)24-14(21)16-10(13(19)20)9-17(4)11-7-5-6-8-12(11)18(22)23/h5-8,10H,9H2,1-4H3,(H,16,21)(H,19,20). The minimum absolute atomic E-state index is 0.151. The second-order valence-electron chi connectivity index (χ2n) is 6.16. The lowest BCUT2D eigenvalue weighted by Crippen LogP contribution is -2.49. The van der Waals surface area contributed by atoms with Gasteiger partial charge in [0.25, 0.3) is 5.69 Å². The zero-order chi connectivity index (χ0) is 18.5. The summed E-state index contributed by atoms with van der Waals surface area (Å²) >= 11 is 0. The van der Waals surface area contributed by atoms with Crippen molar-refractivity contribution in [1.29, 1.82) is 0 Å². The van der Waals surface area contributed by atoms with Crippen LogP contribution in [-0.4, -0.2) is 47.3 Å². The monoisotopic (exact) mass is 339 g/mol. The molecule has 132 valence electrons. The van der Waals surface area contributed by atoms with Crippen molar-refractivity contribution in [3.63, 3.8) is 0 Å². The fourth-order valence-electron chi connectivity index (χ4n) is 1.95. The van der Waals surface area contributed by atoms with Gasteiger partial charge in [-0.1, -0.05) is 12.1 Å². The zero-order valence-electron chi connectivity index (χ0n) is 14.0. The second kappa shape index (κ2) is 7.62. The van der Waals surface area contributed by atoms with Gasteiger partial charge in [0.05, 0.1) is 4.92 Å². The second-order valence-corrected chi connectivity index (χ2v) is 6.16. The predicted molar refractivity (Wildman–Crippen MR) is 87.2 cm³/mol. The fraction of sp³-hybridized carbons (Fsp3) is 0.467. The van der Waals surface area contributed by atoms with E-state index in [-0.39, 0.29) is 17.9 Å². The van der Waals surface area contributed by atoms with Crippen LogP contribution in [0.3, 0.4) is 0 Å². The van der Waals surface area contributed by atoms with Gasteiger partial charge in [-0.05, 0) is 26.8 Å². The van der Waals surface area contributed by atoms with Crippen LogP contribution in [0.1, 0.15) is 20.8 Å². The van der Waals surface area contributed by atoms with E-state index >= 15 is 0 Å². The highest BCUT2D eigenvalue weighted by molar-refractivity contribution is 5.81. The number of nitro benzene ring substituents is 1. The molecule has 1 unspecified atom stereocenters. The fourth-order valence-corrected chi connectivity index (χ4v) is 1.95. The average Bonchev–Trinajstić information content (AvgIpc) is 2.44. The van der Waals surface area contributed by atoms with Crippen LogP contribution >= 0.6 is 0 Å². The molecule has 1 aromatic carbocycles. The first kappa shape index (κ1) is 19.2. The lowest BCUT2D eigenvalue weighted by Gasteiger charge is -2.25. The van der Waals surface area contributed by atoms with Crippen molar-refractivity contribution in [1.82, 2.24) is 5.32 Å². The number of likely N-dealkylation sites (N-methyl/N-ethyl adjacent to an activating group) is 1. The minimum Gasteiger partial charge on any atom is -0.480 e. The molecule has 0 radical (unpaired) electrons. The number of benzene rings is 1. The lowest BCUT2D eigenvalue weighted by atomic mass is 10.2. The maximum Gasteiger partial charge on any atom is 0.408 e. The zero-order valence-corrected chi connectivity index (χ0v) is 14.0. The molecule has 0 saturated heterocycles. The number of amides is 1. The van der Waals surface area contributed by atoms with Crippen molar-refractivity contribution in [2.24, 2.45) is 0 Å². The van der Waals surface area contributed by atoms with E-state index in [1.54, 1.807) is 26.8 Å². The minimum atomic E-state index is -1.29. The van der Waals surface area contributed by atoms with Gasteiger partial charge in [-0.25, -0.2) is 9.59 Å². The van der Waals surface area contributed by atoms with Crippen LogP contribution in [0.25, 0.3) is 0 Å². The van der Waals surface area contributed by atoms with Crippen molar-refractivity contribution in [2.45, 2.75) is 32.4 Å². The number of aliphatic carboxylic acids is 1. The number of para-hydroxylation sites is 2. The van der Waals surface area contributed by atoms with Crippen LogP contribution in [-0.2, 0) is 9.53 Å². The van der Waals surface area contributed by atoms with Crippen molar-refractivity contribution in [3.05, 3.63) is 34.4 Å². The van der Waals surface area contributed by atoms with Crippen LogP contribution in [0.15, 0.2) is 24.3 Å². The summed E-state index contributed by atoms with van der Waals surface area (Å²) in [5.41, 5.74) is -0.668. The molecule has 1 rings (SSSR count). The molecule has 9 nitrogen and oxygen atoms in total. The van der Waals surface area contributed by atoms with Crippen LogP contribution < -0.4 is 10.2 Å². The first-order valence-corrected chi connectivity index (χ1v) is 7.18. The Kier molecular flexibility index (Phi) is 6.10. The van der Waals surface area contributed by atoms with Gasteiger partial charge >= 0.3 is 12.1 Å². The molecule has 2 N–H and O–H groups in total. The molecular formula is C15H21N3O6. The number of carboxylic acids is 1. The molecule has 0 aromatic heterocycles. The summed E-state index contributed by atoms with van der Waals surface area (Å²) in [6, 6.07) is 4.66. The molecule has 1 aromatic rings. The largest absolute Gasteiger partial charge is 0.480 e. The summed E-state index contributed by atoms with van der Waals surface area (Å²) in [5.74, 6) is -1.27. The van der Waals surface area contributed by atoms with Gasteiger partial charge in [0.2, 0.25) is 0 Å². The van der Waals surface area contributed by atoms with Crippen LogP contribution in [0, 0.1) is 10.1 Å². The molecular weight excluding hydrogens is 318 g/mol. The third-order valence-corrected chi connectivity index (χ3v) is 2.94. The highest BCUT2D eigenvalue weighted by atomic mass is 16.6. The number of nitrogens with one attached hydrogen (secondary N) is 1. The number of nitrogens with zero attached hydrogens (tertiary/aromatic N) is 2. The molecule has 9 heteroatoms. The molecule has 0 aliphatic heterocycles. The molecule has 1 amide bonds.